The van der Waals surface area contributed by atoms with Crippen LogP contribution in [0.15, 0.2) is 18.5 Å². The molecule has 5 rings (SSSR count). The van der Waals surface area contributed by atoms with Crippen LogP contribution in [0.25, 0.3) is 5.65 Å². The summed E-state index contributed by atoms with van der Waals surface area (Å²) in [5.74, 6) is 1.31. The Morgan fingerprint density at radius 1 is 1.00 bits per heavy atom. The van der Waals surface area contributed by atoms with Crippen molar-refractivity contribution in [2.45, 2.75) is 44.2 Å². The van der Waals surface area contributed by atoms with E-state index in [1.165, 1.54) is 5.56 Å². The first kappa shape index (κ1) is 17.3. The lowest BCUT2D eigenvalue weighted by Gasteiger charge is -2.32. The molecule has 3 aromatic heterocycles. The summed E-state index contributed by atoms with van der Waals surface area (Å²) in [7, 11) is 0. The van der Waals surface area contributed by atoms with Crippen LogP contribution in [0.4, 0.5) is 19.0 Å². The molecule has 0 atom stereocenters. The van der Waals surface area contributed by atoms with Crippen LogP contribution in [-0.4, -0.2) is 42.9 Å². The van der Waals surface area contributed by atoms with Crippen LogP contribution < -0.4 is 4.90 Å². The standard InChI is InChI=1S/C18H18F3N7/c19-18(20,21)14-9-15(23-10-22-14)27-6-4-11(5-7-27)17-25-24-16-8-12-2-1-3-13(12)26-28(16)17/h8-11H,1-7H2. The van der Waals surface area contributed by atoms with Gasteiger partial charge in [-0.05, 0) is 43.7 Å². The highest BCUT2D eigenvalue weighted by Crippen LogP contribution is 2.32. The van der Waals surface area contributed by atoms with Crippen LogP contribution in [0.2, 0.25) is 0 Å². The van der Waals surface area contributed by atoms with Gasteiger partial charge in [0.1, 0.15) is 17.8 Å². The van der Waals surface area contributed by atoms with Gasteiger partial charge in [0.25, 0.3) is 0 Å². The fourth-order valence-electron chi connectivity index (χ4n) is 4.09. The second kappa shape index (κ2) is 6.39. The molecule has 1 aliphatic heterocycles. The Morgan fingerprint density at radius 3 is 2.61 bits per heavy atom. The van der Waals surface area contributed by atoms with Gasteiger partial charge in [0.2, 0.25) is 0 Å². The van der Waals surface area contributed by atoms with E-state index < -0.39 is 11.9 Å². The average molecular weight is 389 g/mol. The number of nitrogens with zero attached hydrogens (tertiary/aromatic N) is 7. The van der Waals surface area contributed by atoms with Crippen molar-refractivity contribution in [1.29, 1.82) is 0 Å². The smallest absolute Gasteiger partial charge is 0.356 e. The van der Waals surface area contributed by atoms with Crippen molar-refractivity contribution in [3.8, 4) is 0 Å². The van der Waals surface area contributed by atoms with Crippen molar-refractivity contribution in [3.63, 3.8) is 0 Å². The molecule has 4 heterocycles. The van der Waals surface area contributed by atoms with Gasteiger partial charge in [-0.15, -0.1) is 10.2 Å². The Balaban J connectivity index is 1.35. The number of alkyl halides is 3. The summed E-state index contributed by atoms with van der Waals surface area (Å²) in [5.41, 5.74) is 2.22. The Labute approximate surface area is 158 Å². The molecule has 10 heteroatoms. The van der Waals surface area contributed by atoms with E-state index in [1.807, 2.05) is 9.42 Å². The molecule has 0 unspecified atom stereocenters. The topological polar surface area (TPSA) is 72.1 Å². The Hall–Kier alpha value is -2.78. The molecule has 146 valence electrons. The third-order valence-electron chi connectivity index (χ3n) is 5.57. The van der Waals surface area contributed by atoms with Gasteiger partial charge in [-0.3, -0.25) is 0 Å². The molecule has 28 heavy (non-hydrogen) atoms. The zero-order valence-corrected chi connectivity index (χ0v) is 15.0. The predicted octanol–water partition coefficient (Wildman–Crippen LogP) is 2.81. The maximum absolute atomic E-state index is 12.9. The number of hydrogen-bond donors (Lipinski definition) is 0. The van der Waals surface area contributed by atoms with Crippen LogP contribution >= 0.6 is 0 Å². The lowest BCUT2D eigenvalue weighted by molar-refractivity contribution is -0.141. The van der Waals surface area contributed by atoms with Gasteiger partial charge in [-0.1, -0.05) is 0 Å². The molecule has 1 saturated heterocycles. The van der Waals surface area contributed by atoms with Crippen molar-refractivity contribution in [1.82, 2.24) is 29.8 Å². The molecule has 0 saturated carbocycles. The van der Waals surface area contributed by atoms with E-state index in [0.29, 0.717) is 18.9 Å². The molecule has 0 radical (unpaired) electrons. The minimum absolute atomic E-state index is 0.169. The van der Waals surface area contributed by atoms with E-state index in [-0.39, 0.29) is 5.92 Å². The molecule has 0 bridgehead atoms. The molecule has 1 aliphatic carbocycles. The fraction of sp³-hybridized carbons (Fsp3) is 0.500. The predicted molar refractivity (Wildman–Crippen MR) is 94.0 cm³/mol. The molecular weight excluding hydrogens is 371 g/mol. The minimum atomic E-state index is -4.47. The lowest BCUT2D eigenvalue weighted by atomic mass is 9.96. The van der Waals surface area contributed by atoms with Crippen LogP contribution in [0.1, 0.15) is 48.0 Å². The summed E-state index contributed by atoms with van der Waals surface area (Å²) in [5, 5.41) is 13.4. The molecule has 2 aliphatic rings. The quantitative estimate of drug-likeness (QED) is 0.671. The lowest BCUT2D eigenvalue weighted by Crippen LogP contribution is -2.34. The summed E-state index contributed by atoms with van der Waals surface area (Å²) < 4.78 is 40.5. The monoisotopic (exact) mass is 389 g/mol. The zero-order chi connectivity index (χ0) is 19.3. The van der Waals surface area contributed by atoms with E-state index in [0.717, 1.165) is 61.7 Å². The van der Waals surface area contributed by atoms with Gasteiger partial charge in [-0.2, -0.15) is 22.8 Å². The van der Waals surface area contributed by atoms with Gasteiger partial charge in [0.05, 0.1) is 5.69 Å². The highest BCUT2D eigenvalue weighted by molar-refractivity contribution is 5.44. The number of aromatic nitrogens is 6. The summed E-state index contributed by atoms with van der Waals surface area (Å²) >= 11 is 0. The van der Waals surface area contributed by atoms with Crippen molar-refractivity contribution in [2.75, 3.05) is 18.0 Å². The second-order valence-electron chi connectivity index (χ2n) is 7.32. The number of halogens is 3. The minimum Gasteiger partial charge on any atom is -0.356 e. The summed E-state index contributed by atoms with van der Waals surface area (Å²) in [6.45, 7) is 1.19. The zero-order valence-electron chi connectivity index (χ0n) is 15.0. The Kier molecular flexibility index (Phi) is 3.95. The van der Waals surface area contributed by atoms with Gasteiger partial charge >= 0.3 is 6.18 Å². The number of rotatable bonds is 2. The van der Waals surface area contributed by atoms with Crippen molar-refractivity contribution in [3.05, 3.63) is 41.2 Å². The van der Waals surface area contributed by atoms with Gasteiger partial charge in [0.15, 0.2) is 11.5 Å². The van der Waals surface area contributed by atoms with Crippen molar-refractivity contribution in [2.24, 2.45) is 0 Å². The maximum atomic E-state index is 12.9. The van der Waals surface area contributed by atoms with E-state index in [1.54, 1.807) is 0 Å². The SMILES string of the molecule is FC(F)(F)c1cc(N2CCC(c3nnc4cc5c(nn34)CCC5)CC2)ncn1. The van der Waals surface area contributed by atoms with E-state index in [9.17, 15) is 13.2 Å². The normalized spacial score (nSPS) is 18.0. The molecule has 0 N–H and O–H groups in total. The molecule has 7 nitrogen and oxygen atoms in total. The first-order valence-electron chi connectivity index (χ1n) is 9.37. The number of fused-ring (bicyclic) bond motifs is 2. The van der Waals surface area contributed by atoms with Crippen LogP contribution in [0.3, 0.4) is 0 Å². The highest BCUT2D eigenvalue weighted by Gasteiger charge is 2.34. The van der Waals surface area contributed by atoms with Crippen molar-refractivity contribution >= 4 is 11.5 Å². The Bertz CT molecular complexity index is 1020. The molecule has 0 spiro atoms. The molecule has 0 amide bonds. The molecular formula is C18H18F3N7. The number of hydrogen-bond acceptors (Lipinski definition) is 6. The first-order valence-corrected chi connectivity index (χ1v) is 9.37. The maximum Gasteiger partial charge on any atom is 0.433 e. The van der Waals surface area contributed by atoms with Crippen molar-refractivity contribution < 1.29 is 13.2 Å². The highest BCUT2D eigenvalue weighted by atomic mass is 19.4. The third kappa shape index (κ3) is 2.96. The number of aryl methyl sites for hydroxylation is 2. The first-order chi connectivity index (χ1) is 13.5. The number of piperidine rings is 1. The largest absolute Gasteiger partial charge is 0.433 e. The van der Waals surface area contributed by atoms with Crippen LogP contribution in [0.5, 0.6) is 0 Å². The molecule has 0 aromatic carbocycles. The molecule has 1 fully saturated rings. The summed E-state index contributed by atoms with van der Waals surface area (Å²) in [6, 6.07) is 3.08. The summed E-state index contributed by atoms with van der Waals surface area (Å²) in [6.07, 6.45) is 1.16. The third-order valence-corrected chi connectivity index (χ3v) is 5.57. The van der Waals surface area contributed by atoms with Crippen LogP contribution in [0, 0.1) is 0 Å². The van der Waals surface area contributed by atoms with Gasteiger partial charge < -0.3 is 4.90 Å². The average Bonchev–Trinajstić information content (AvgIpc) is 3.32. The van der Waals surface area contributed by atoms with E-state index in [4.69, 9.17) is 5.10 Å². The molecule has 3 aromatic rings. The van der Waals surface area contributed by atoms with Gasteiger partial charge in [0, 0.05) is 25.1 Å². The van der Waals surface area contributed by atoms with E-state index in [2.05, 4.69) is 26.2 Å². The van der Waals surface area contributed by atoms with E-state index >= 15 is 0 Å². The summed E-state index contributed by atoms with van der Waals surface area (Å²) in [4.78, 5) is 9.22. The van der Waals surface area contributed by atoms with Gasteiger partial charge in [-0.25, -0.2) is 9.97 Å². The second-order valence-corrected chi connectivity index (χ2v) is 7.32. The fourth-order valence-corrected chi connectivity index (χ4v) is 4.09. The van der Waals surface area contributed by atoms with Crippen LogP contribution in [-0.2, 0) is 19.0 Å². The Morgan fingerprint density at radius 2 is 1.82 bits per heavy atom. The number of anilines is 1.